The predicted octanol–water partition coefficient (Wildman–Crippen LogP) is 6.74. The molecule has 1 aliphatic heterocycles. The molecule has 2 nitrogen and oxygen atoms in total. The van der Waals surface area contributed by atoms with E-state index in [1.54, 1.807) is 18.2 Å². The molecule has 0 spiro atoms. The Hall–Kier alpha value is -1.21. The van der Waals surface area contributed by atoms with E-state index >= 15 is 0 Å². The first kappa shape index (κ1) is 19.5. The minimum atomic E-state index is -4.72. The summed E-state index contributed by atoms with van der Waals surface area (Å²) in [6, 6.07) is 9.08. The van der Waals surface area contributed by atoms with E-state index in [1.165, 1.54) is 25.2 Å². The van der Waals surface area contributed by atoms with Crippen LogP contribution in [-0.2, 0) is 10.4 Å². The summed E-state index contributed by atoms with van der Waals surface area (Å²) in [5, 5.41) is 1.32. The fraction of sp³-hybridized carbons (Fsp3) is 0.222. The number of aryl methyl sites for hydroxylation is 1. The van der Waals surface area contributed by atoms with Gasteiger partial charge in [-0.05, 0) is 48.9 Å². The van der Waals surface area contributed by atoms with Gasteiger partial charge < -0.3 is 0 Å². The standard InChI is InChI=1S/C18H13BrCl2F3NO/c1-10-5-11(3-4-15(10)19)16-9-17(18(22,23)24,26-25(16)2)12-6-13(20)8-14(21)7-12/h3-9H,1-2H3. The van der Waals surface area contributed by atoms with Crippen LogP contribution < -0.4 is 0 Å². The molecule has 3 rings (SSSR count). The SMILES string of the molecule is Cc1cc(C2=CC(c3cc(Cl)cc(Cl)c3)(C(F)(F)F)ON2C)ccc1Br. The lowest BCUT2D eigenvalue weighted by Gasteiger charge is -2.31. The van der Waals surface area contributed by atoms with Gasteiger partial charge in [-0.25, -0.2) is 4.84 Å². The first-order valence-electron chi connectivity index (χ1n) is 7.49. The van der Waals surface area contributed by atoms with Crippen LogP contribution in [0.4, 0.5) is 13.2 Å². The van der Waals surface area contributed by atoms with Crippen molar-refractivity contribution >= 4 is 44.8 Å². The third-order valence-corrected chi connectivity index (χ3v) is 5.45. The smallest absolute Gasteiger partial charge is 0.255 e. The number of rotatable bonds is 2. The van der Waals surface area contributed by atoms with Gasteiger partial charge in [-0.1, -0.05) is 45.2 Å². The Kier molecular flexibility index (Phi) is 5.07. The van der Waals surface area contributed by atoms with Gasteiger partial charge >= 0.3 is 6.18 Å². The molecule has 0 bridgehead atoms. The summed E-state index contributed by atoms with van der Waals surface area (Å²) in [6.07, 6.45) is -3.67. The number of hydrogen-bond acceptors (Lipinski definition) is 2. The maximum Gasteiger partial charge on any atom is 0.428 e. The van der Waals surface area contributed by atoms with Crippen molar-refractivity contribution in [2.45, 2.75) is 18.7 Å². The molecule has 0 saturated heterocycles. The Balaban J connectivity index is 2.20. The van der Waals surface area contributed by atoms with Crippen LogP contribution >= 0.6 is 39.1 Å². The normalized spacial score (nSPS) is 20.5. The molecule has 26 heavy (non-hydrogen) atoms. The molecular weight excluding hydrogens is 454 g/mol. The van der Waals surface area contributed by atoms with Crippen LogP contribution in [0.25, 0.3) is 5.70 Å². The first-order valence-corrected chi connectivity index (χ1v) is 9.04. The predicted molar refractivity (Wildman–Crippen MR) is 99.9 cm³/mol. The van der Waals surface area contributed by atoms with Crippen LogP contribution in [0.15, 0.2) is 46.9 Å². The Morgan fingerprint density at radius 3 is 2.23 bits per heavy atom. The minimum Gasteiger partial charge on any atom is -0.255 e. The average molecular weight is 467 g/mol. The van der Waals surface area contributed by atoms with Crippen molar-refractivity contribution in [3.05, 3.63) is 73.7 Å². The molecule has 1 aliphatic rings. The maximum absolute atomic E-state index is 14.1. The number of benzene rings is 2. The maximum atomic E-state index is 14.1. The molecule has 1 heterocycles. The Bertz CT molecular complexity index is 880. The van der Waals surface area contributed by atoms with Crippen LogP contribution in [0, 0.1) is 6.92 Å². The van der Waals surface area contributed by atoms with Crippen LogP contribution in [0.1, 0.15) is 16.7 Å². The van der Waals surface area contributed by atoms with Gasteiger partial charge in [0.1, 0.15) is 0 Å². The molecule has 2 aromatic carbocycles. The summed E-state index contributed by atoms with van der Waals surface area (Å²) >= 11 is 15.2. The van der Waals surface area contributed by atoms with E-state index in [1.807, 2.05) is 6.92 Å². The first-order chi connectivity index (χ1) is 12.0. The largest absolute Gasteiger partial charge is 0.428 e. The Morgan fingerprint density at radius 2 is 1.69 bits per heavy atom. The van der Waals surface area contributed by atoms with Crippen LogP contribution in [-0.4, -0.2) is 18.3 Å². The molecule has 0 saturated carbocycles. The van der Waals surface area contributed by atoms with Crippen molar-refractivity contribution < 1.29 is 18.0 Å². The van der Waals surface area contributed by atoms with Crippen molar-refractivity contribution in [2.24, 2.45) is 0 Å². The van der Waals surface area contributed by atoms with E-state index in [-0.39, 0.29) is 15.6 Å². The summed E-state index contributed by atoms with van der Waals surface area (Å²) in [5.41, 5.74) is -1.06. The van der Waals surface area contributed by atoms with E-state index in [2.05, 4.69) is 15.9 Å². The molecule has 0 amide bonds. The van der Waals surface area contributed by atoms with E-state index in [9.17, 15) is 13.2 Å². The van der Waals surface area contributed by atoms with Crippen LogP contribution in [0.2, 0.25) is 10.0 Å². The lowest BCUT2D eigenvalue weighted by Crippen LogP contribution is -2.42. The molecule has 0 fully saturated rings. The van der Waals surface area contributed by atoms with E-state index in [0.29, 0.717) is 11.3 Å². The lowest BCUT2D eigenvalue weighted by molar-refractivity contribution is -0.308. The van der Waals surface area contributed by atoms with Crippen LogP contribution in [0.5, 0.6) is 0 Å². The number of nitrogens with zero attached hydrogens (tertiary/aromatic N) is 1. The van der Waals surface area contributed by atoms with Crippen molar-refractivity contribution in [1.29, 1.82) is 0 Å². The van der Waals surface area contributed by atoms with E-state index in [0.717, 1.165) is 21.2 Å². The minimum absolute atomic E-state index is 0.101. The van der Waals surface area contributed by atoms with Gasteiger partial charge in [0, 0.05) is 32.7 Å². The van der Waals surface area contributed by atoms with Gasteiger partial charge in [0.2, 0.25) is 5.60 Å². The highest BCUT2D eigenvalue weighted by Crippen LogP contribution is 2.51. The third kappa shape index (κ3) is 3.36. The number of halogens is 6. The average Bonchev–Trinajstić information content (AvgIpc) is 2.88. The van der Waals surface area contributed by atoms with E-state index < -0.39 is 11.8 Å². The van der Waals surface area contributed by atoms with Crippen molar-refractivity contribution in [2.75, 3.05) is 7.05 Å². The van der Waals surface area contributed by atoms with Crippen molar-refractivity contribution in [3.8, 4) is 0 Å². The van der Waals surface area contributed by atoms with Gasteiger partial charge in [0.25, 0.3) is 0 Å². The molecule has 1 atom stereocenters. The molecule has 1 unspecified atom stereocenters. The van der Waals surface area contributed by atoms with Crippen molar-refractivity contribution in [1.82, 2.24) is 5.06 Å². The zero-order chi connectivity index (χ0) is 19.3. The molecule has 0 aromatic heterocycles. The zero-order valence-electron chi connectivity index (χ0n) is 13.7. The number of hydroxylamine groups is 2. The van der Waals surface area contributed by atoms with Gasteiger partial charge in [-0.3, -0.25) is 5.06 Å². The number of hydrogen-bond donors (Lipinski definition) is 0. The molecule has 0 aliphatic carbocycles. The molecule has 0 radical (unpaired) electrons. The fourth-order valence-electron chi connectivity index (χ4n) is 2.85. The lowest BCUT2D eigenvalue weighted by atomic mass is 9.91. The second-order valence-electron chi connectivity index (χ2n) is 5.97. The highest BCUT2D eigenvalue weighted by molar-refractivity contribution is 9.10. The Labute approximate surface area is 167 Å². The summed E-state index contributed by atoms with van der Waals surface area (Å²) in [6.45, 7) is 1.86. The van der Waals surface area contributed by atoms with Gasteiger partial charge in [0.15, 0.2) is 0 Å². The van der Waals surface area contributed by atoms with Gasteiger partial charge in [-0.15, -0.1) is 0 Å². The van der Waals surface area contributed by atoms with Gasteiger partial charge in [-0.2, -0.15) is 13.2 Å². The highest BCUT2D eigenvalue weighted by Gasteiger charge is 2.60. The van der Waals surface area contributed by atoms with Crippen LogP contribution in [0.3, 0.4) is 0 Å². The highest BCUT2D eigenvalue weighted by atomic mass is 79.9. The summed E-state index contributed by atoms with van der Waals surface area (Å²) in [7, 11) is 1.43. The topological polar surface area (TPSA) is 12.5 Å². The molecule has 2 aromatic rings. The van der Waals surface area contributed by atoms with Crippen molar-refractivity contribution in [3.63, 3.8) is 0 Å². The second kappa shape index (κ2) is 6.75. The van der Waals surface area contributed by atoms with E-state index in [4.69, 9.17) is 28.0 Å². The second-order valence-corrected chi connectivity index (χ2v) is 7.70. The summed E-state index contributed by atoms with van der Waals surface area (Å²) in [5.74, 6) is 0. The molecule has 138 valence electrons. The molecular formula is C18H13BrCl2F3NO. The quantitative estimate of drug-likeness (QED) is 0.485. The third-order valence-electron chi connectivity index (χ3n) is 4.13. The number of alkyl halides is 3. The van der Waals surface area contributed by atoms with Gasteiger partial charge in [0.05, 0.1) is 5.70 Å². The molecule has 0 N–H and O–H groups in total. The summed E-state index contributed by atoms with van der Waals surface area (Å²) in [4.78, 5) is 5.33. The molecule has 8 heteroatoms. The Morgan fingerprint density at radius 1 is 1.08 bits per heavy atom. The fourth-order valence-corrected chi connectivity index (χ4v) is 3.62. The zero-order valence-corrected chi connectivity index (χ0v) is 16.8. The summed E-state index contributed by atoms with van der Waals surface area (Å²) < 4.78 is 43.1. The monoisotopic (exact) mass is 465 g/mol.